The molecule has 3 N–H and O–H groups in total. The second-order valence-electron chi connectivity index (χ2n) is 3.03. The van der Waals surface area contributed by atoms with Crippen molar-refractivity contribution in [3.8, 4) is 0 Å². The molecule has 3 atom stereocenters. The van der Waals surface area contributed by atoms with Crippen molar-refractivity contribution in [1.29, 1.82) is 0 Å². The molecule has 1 aliphatic rings. The SMILES string of the molecule is C[C@H]1C[C@H]1OCC(N)CO. The van der Waals surface area contributed by atoms with Gasteiger partial charge in [0.1, 0.15) is 0 Å². The van der Waals surface area contributed by atoms with E-state index in [-0.39, 0.29) is 12.6 Å². The molecule has 0 spiro atoms. The van der Waals surface area contributed by atoms with Gasteiger partial charge in [-0.1, -0.05) is 6.92 Å². The Morgan fingerprint density at radius 3 is 2.80 bits per heavy atom. The third-order valence-electron chi connectivity index (χ3n) is 1.79. The molecule has 0 heterocycles. The van der Waals surface area contributed by atoms with Gasteiger partial charge in [0.25, 0.3) is 0 Å². The highest BCUT2D eigenvalue weighted by atomic mass is 16.5. The molecular formula is C7H15NO2. The highest BCUT2D eigenvalue weighted by molar-refractivity contribution is 4.83. The number of rotatable bonds is 4. The van der Waals surface area contributed by atoms with Gasteiger partial charge in [-0.25, -0.2) is 0 Å². The maximum Gasteiger partial charge on any atom is 0.0643 e. The summed E-state index contributed by atoms with van der Waals surface area (Å²) < 4.78 is 5.33. The van der Waals surface area contributed by atoms with Gasteiger partial charge in [-0.05, 0) is 12.3 Å². The molecule has 60 valence electrons. The molecule has 3 heteroatoms. The van der Waals surface area contributed by atoms with E-state index in [9.17, 15) is 0 Å². The zero-order chi connectivity index (χ0) is 7.56. The lowest BCUT2D eigenvalue weighted by atomic mass is 10.4. The summed E-state index contributed by atoms with van der Waals surface area (Å²) in [6.07, 6.45) is 1.57. The van der Waals surface area contributed by atoms with Crippen LogP contribution in [0.25, 0.3) is 0 Å². The lowest BCUT2D eigenvalue weighted by Gasteiger charge is -2.07. The van der Waals surface area contributed by atoms with Crippen LogP contribution in [-0.2, 0) is 4.74 Å². The number of nitrogens with two attached hydrogens (primary N) is 1. The molecule has 3 nitrogen and oxygen atoms in total. The summed E-state index contributed by atoms with van der Waals surface area (Å²) in [5, 5.41) is 8.53. The van der Waals surface area contributed by atoms with Gasteiger partial charge < -0.3 is 15.6 Å². The smallest absolute Gasteiger partial charge is 0.0643 e. The predicted molar refractivity (Wildman–Crippen MR) is 38.6 cm³/mol. The summed E-state index contributed by atoms with van der Waals surface area (Å²) in [6, 6.07) is -0.201. The lowest BCUT2D eigenvalue weighted by molar-refractivity contribution is 0.0822. The number of aliphatic hydroxyl groups is 1. The van der Waals surface area contributed by atoms with Crippen molar-refractivity contribution < 1.29 is 9.84 Å². The van der Waals surface area contributed by atoms with E-state index in [1.165, 1.54) is 0 Å². The van der Waals surface area contributed by atoms with E-state index in [2.05, 4.69) is 6.92 Å². The monoisotopic (exact) mass is 145 g/mol. The first-order valence-corrected chi connectivity index (χ1v) is 3.72. The third-order valence-corrected chi connectivity index (χ3v) is 1.79. The first-order chi connectivity index (χ1) is 4.74. The zero-order valence-electron chi connectivity index (χ0n) is 6.29. The fourth-order valence-electron chi connectivity index (χ4n) is 0.820. The highest BCUT2D eigenvalue weighted by Gasteiger charge is 2.33. The van der Waals surface area contributed by atoms with E-state index in [0.29, 0.717) is 18.6 Å². The fraction of sp³-hybridized carbons (Fsp3) is 1.00. The minimum Gasteiger partial charge on any atom is -0.395 e. The molecule has 1 saturated carbocycles. The number of aliphatic hydroxyl groups excluding tert-OH is 1. The van der Waals surface area contributed by atoms with Crippen molar-refractivity contribution in [3.05, 3.63) is 0 Å². The molecule has 0 aliphatic heterocycles. The van der Waals surface area contributed by atoms with Crippen molar-refractivity contribution in [2.45, 2.75) is 25.5 Å². The average molecular weight is 145 g/mol. The molecule has 0 aromatic heterocycles. The number of ether oxygens (including phenoxy) is 1. The van der Waals surface area contributed by atoms with Gasteiger partial charge in [-0.3, -0.25) is 0 Å². The molecule has 1 unspecified atom stereocenters. The summed E-state index contributed by atoms with van der Waals surface area (Å²) >= 11 is 0. The molecule has 1 rings (SSSR count). The maximum absolute atomic E-state index is 8.53. The van der Waals surface area contributed by atoms with Crippen LogP contribution in [0.5, 0.6) is 0 Å². The van der Waals surface area contributed by atoms with Crippen LogP contribution in [0, 0.1) is 5.92 Å². The first-order valence-electron chi connectivity index (χ1n) is 3.72. The van der Waals surface area contributed by atoms with E-state index in [1.807, 2.05) is 0 Å². The third kappa shape index (κ3) is 2.25. The minimum atomic E-state index is -0.201. The van der Waals surface area contributed by atoms with E-state index in [0.717, 1.165) is 6.42 Å². The van der Waals surface area contributed by atoms with Crippen LogP contribution in [0.4, 0.5) is 0 Å². The van der Waals surface area contributed by atoms with Crippen LogP contribution >= 0.6 is 0 Å². The van der Waals surface area contributed by atoms with Crippen LogP contribution in [-0.4, -0.2) is 30.5 Å². The Labute approximate surface area is 61.2 Å². The van der Waals surface area contributed by atoms with E-state index < -0.39 is 0 Å². The van der Waals surface area contributed by atoms with Gasteiger partial charge in [0.05, 0.1) is 25.4 Å². The summed E-state index contributed by atoms with van der Waals surface area (Å²) in [7, 11) is 0. The Kier molecular flexibility index (Phi) is 2.65. The van der Waals surface area contributed by atoms with Gasteiger partial charge in [-0.2, -0.15) is 0 Å². The van der Waals surface area contributed by atoms with Crippen molar-refractivity contribution >= 4 is 0 Å². The van der Waals surface area contributed by atoms with E-state index >= 15 is 0 Å². The topological polar surface area (TPSA) is 55.5 Å². The van der Waals surface area contributed by atoms with Crippen LogP contribution in [0.1, 0.15) is 13.3 Å². The maximum atomic E-state index is 8.53. The van der Waals surface area contributed by atoms with Crippen molar-refractivity contribution in [2.75, 3.05) is 13.2 Å². The Morgan fingerprint density at radius 1 is 1.80 bits per heavy atom. The number of hydrogen-bond acceptors (Lipinski definition) is 3. The molecule has 1 aliphatic carbocycles. The zero-order valence-corrected chi connectivity index (χ0v) is 6.29. The molecule has 1 fully saturated rings. The van der Waals surface area contributed by atoms with Crippen molar-refractivity contribution in [3.63, 3.8) is 0 Å². The van der Waals surface area contributed by atoms with Gasteiger partial charge in [-0.15, -0.1) is 0 Å². The lowest BCUT2D eigenvalue weighted by Crippen LogP contribution is -2.30. The van der Waals surface area contributed by atoms with E-state index in [1.54, 1.807) is 0 Å². The molecule has 0 aromatic carbocycles. The van der Waals surface area contributed by atoms with Gasteiger partial charge in [0, 0.05) is 0 Å². The van der Waals surface area contributed by atoms with Crippen LogP contribution in [0.15, 0.2) is 0 Å². The Morgan fingerprint density at radius 2 is 2.40 bits per heavy atom. The van der Waals surface area contributed by atoms with Crippen molar-refractivity contribution in [2.24, 2.45) is 11.7 Å². The van der Waals surface area contributed by atoms with Crippen LogP contribution < -0.4 is 5.73 Å². The summed E-state index contributed by atoms with van der Waals surface area (Å²) in [6.45, 7) is 2.65. The second-order valence-corrected chi connectivity index (χ2v) is 3.03. The summed E-state index contributed by atoms with van der Waals surface area (Å²) in [5.41, 5.74) is 5.42. The first kappa shape index (κ1) is 7.98. The largest absolute Gasteiger partial charge is 0.395 e. The molecule has 0 radical (unpaired) electrons. The van der Waals surface area contributed by atoms with Gasteiger partial charge in [0.2, 0.25) is 0 Å². The number of hydrogen-bond donors (Lipinski definition) is 2. The molecular weight excluding hydrogens is 130 g/mol. The second kappa shape index (κ2) is 3.32. The molecule has 10 heavy (non-hydrogen) atoms. The standard InChI is InChI=1S/C7H15NO2/c1-5-2-7(5)10-4-6(8)3-9/h5-7,9H,2-4,8H2,1H3/t5-,6?,7+/m0/s1. The molecule has 0 saturated heterocycles. The quantitative estimate of drug-likeness (QED) is 0.572. The van der Waals surface area contributed by atoms with Crippen LogP contribution in [0.3, 0.4) is 0 Å². The van der Waals surface area contributed by atoms with Gasteiger partial charge >= 0.3 is 0 Å². The van der Waals surface area contributed by atoms with Gasteiger partial charge in [0.15, 0.2) is 0 Å². The van der Waals surface area contributed by atoms with Crippen molar-refractivity contribution in [1.82, 2.24) is 0 Å². The Bertz CT molecular complexity index is 104. The highest BCUT2D eigenvalue weighted by Crippen LogP contribution is 2.32. The summed E-state index contributed by atoms with van der Waals surface area (Å²) in [4.78, 5) is 0. The average Bonchev–Trinajstić information content (AvgIpc) is 2.61. The molecule has 0 bridgehead atoms. The normalized spacial score (nSPS) is 33.9. The fourth-order valence-corrected chi connectivity index (χ4v) is 0.820. The Balaban J connectivity index is 1.95. The molecule has 0 aromatic rings. The van der Waals surface area contributed by atoms with Crippen LogP contribution in [0.2, 0.25) is 0 Å². The predicted octanol–water partition coefficient (Wildman–Crippen LogP) is -0.269. The molecule has 0 amide bonds. The van der Waals surface area contributed by atoms with E-state index in [4.69, 9.17) is 15.6 Å². The Hall–Kier alpha value is -0.120. The minimum absolute atomic E-state index is 0.0150. The summed E-state index contributed by atoms with van der Waals surface area (Å²) in [5.74, 6) is 0.700.